The molecular formula is C10H15NaO5. The van der Waals surface area contributed by atoms with Crippen LogP contribution in [0.4, 0.5) is 0 Å². The number of rotatable bonds is 5. The molecule has 0 aliphatic heterocycles. The summed E-state index contributed by atoms with van der Waals surface area (Å²) in [6, 6.07) is 0. The Hall–Kier alpha value is -0.650. The SMILES string of the molecule is C=C(C)C(=O)OC(C)OC(=O)CC(C)=O.[NaH]. The summed E-state index contributed by atoms with van der Waals surface area (Å²) in [5.74, 6) is -1.67. The zero-order valence-electron chi connectivity index (χ0n) is 9.03. The molecule has 1 atom stereocenters. The van der Waals surface area contributed by atoms with E-state index in [0.717, 1.165) is 0 Å². The third kappa shape index (κ3) is 8.64. The first kappa shape index (κ1) is 17.7. The van der Waals surface area contributed by atoms with Crippen molar-refractivity contribution >= 4 is 47.3 Å². The summed E-state index contributed by atoms with van der Waals surface area (Å²) in [5, 5.41) is 0. The van der Waals surface area contributed by atoms with Crippen molar-refractivity contribution in [3.8, 4) is 0 Å². The van der Waals surface area contributed by atoms with E-state index in [0.29, 0.717) is 0 Å². The van der Waals surface area contributed by atoms with Crippen LogP contribution in [0.2, 0.25) is 0 Å². The Morgan fingerprint density at radius 2 is 1.69 bits per heavy atom. The molecule has 0 aromatic rings. The monoisotopic (exact) mass is 238 g/mol. The van der Waals surface area contributed by atoms with E-state index in [9.17, 15) is 14.4 Å². The van der Waals surface area contributed by atoms with Gasteiger partial charge in [-0.3, -0.25) is 9.59 Å². The van der Waals surface area contributed by atoms with Gasteiger partial charge in [0.2, 0.25) is 6.29 Å². The first-order valence-corrected chi connectivity index (χ1v) is 4.38. The minimum absolute atomic E-state index is 0. The van der Waals surface area contributed by atoms with Gasteiger partial charge in [0, 0.05) is 12.5 Å². The normalized spacial score (nSPS) is 10.7. The molecule has 16 heavy (non-hydrogen) atoms. The fraction of sp³-hybridized carbons (Fsp3) is 0.500. The molecule has 0 bridgehead atoms. The summed E-state index contributed by atoms with van der Waals surface area (Å²) in [7, 11) is 0. The predicted molar refractivity (Wildman–Crippen MR) is 58.9 cm³/mol. The van der Waals surface area contributed by atoms with E-state index in [2.05, 4.69) is 16.1 Å². The quantitative estimate of drug-likeness (QED) is 0.227. The van der Waals surface area contributed by atoms with E-state index in [1.165, 1.54) is 20.8 Å². The van der Waals surface area contributed by atoms with Crippen LogP contribution in [-0.2, 0) is 23.9 Å². The topological polar surface area (TPSA) is 69.7 Å². The third-order valence-corrected chi connectivity index (χ3v) is 1.31. The van der Waals surface area contributed by atoms with Crippen LogP contribution in [0.15, 0.2) is 12.2 Å². The molecule has 0 saturated heterocycles. The number of ketones is 1. The maximum absolute atomic E-state index is 11.0. The molecule has 0 heterocycles. The first-order valence-electron chi connectivity index (χ1n) is 4.38. The van der Waals surface area contributed by atoms with Crippen LogP contribution >= 0.6 is 0 Å². The first-order chi connectivity index (χ1) is 6.82. The third-order valence-electron chi connectivity index (χ3n) is 1.31. The Labute approximate surface area is 116 Å². The molecule has 0 spiro atoms. The summed E-state index contributed by atoms with van der Waals surface area (Å²) < 4.78 is 9.31. The van der Waals surface area contributed by atoms with Gasteiger partial charge in [-0.25, -0.2) is 4.79 Å². The van der Waals surface area contributed by atoms with Crippen molar-refractivity contribution < 1.29 is 23.9 Å². The van der Waals surface area contributed by atoms with Crippen molar-refractivity contribution in [1.82, 2.24) is 0 Å². The Balaban J connectivity index is 0. The van der Waals surface area contributed by atoms with E-state index in [4.69, 9.17) is 0 Å². The summed E-state index contributed by atoms with van der Waals surface area (Å²) >= 11 is 0. The molecule has 0 rings (SSSR count). The summed E-state index contributed by atoms with van der Waals surface area (Å²) in [4.78, 5) is 32.5. The van der Waals surface area contributed by atoms with E-state index in [1.807, 2.05) is 0 Å². The van der Waals surface area contributed by atoms with Gasteiger partial charge in [0.25, 0.3) is 0 Å². The van der Waals surface area contributed by atoms with Gasteiger partial charge in [0.05, 0.1) is 0 Å². The average Bonchev–Trinajstić information content (AvgIpc) is 2.00. The Kier molecular flexibility index (Phi) is 9.42. The molecule has 0 saturated carbocycles. The minimum atomic E-state index is -1.01. The van der Waals surface area contributed by atoms with Gasteiger partial charge >= 0.3 is 41.5 Å². The number of hydrogen-bond acceptors (Lipinski definition) is 5. The van der Waals surface area contributed by atoms with Crippen LogP contribution in [0.25, 0.3) is 0 Å². The van der Waals surface area contributed by atoms with Gasteiger partial charge in [-0.05, 0) is 13.8 Å². The Morgan fingerprint density at radius 1 is 1.19 bits per heavy atom. The van der Waals surface area contributed by atoms with E-state index in [-0.39, 0.29) is 47.3 Å². The molecule has 5 nitrogen and oxygen atoms in total. The molecule has 0 aromatic heterocycles. The van der Waals surface area contributed by atoms with Crippen molar-refractivity contribution in [2.24, 2.45) is 0 Å². The van der Waals surface area contributed by atoms with Gasteiger partial charge in [-0.15, -0.1) is 0 Å². The van der Waals surface area contributed by atoms with Crippen LogP contribution in [-0.4, -0.2) is 53.6 Å². The second kappa shape index (κ2) is 8.50. The van der Waals surface area contributed by atoms with E-state index < -0.39 is 18.2 Å². The van der Waals surface area contributed by atoms with Crippen LogP contribution in [0, 0.1) is 0 Å². The molecule has 0 radical (unpaired) electrons. The van der Waals surface area contributed by atoms with Crippen LogP contribution < -0.4 is 0 Å². The van der Waals surface area contributed by atoms with E-state index in [1.54, 1.807) is 0 Å². The molecule has 0 aromatic carbocycles. The molecule has 0 fully saturated rings. The number of carbonyl (C=O) groups excluding carboxylic acids is 3. The van der Waals surface area contributed by atoms with Crippen molar-refractivity contribution in [2.75, 3.05) is 0 Å². The Morgan fingerprint density at radius 3 is 2.06 bits per heavy atom. The molecule has 6 heteroatoms. The number of hydrogen-bond donors (Lipinski definition) is 0. The van der Waals surface area contributed by atoms with Gasteiger partial charge in [-0.2, -0.15) is 0 Å². The fourth-order valence-corrected chi connectivity index (χ4v) is 0.705. The van der Waals surface area contributed by atoms with Crippen molar-refractivity contribution in [3.05, 3.63) is 12.2 Å². The maximum atomic E-state index is 11.0. The zero-order chi connectivity index (χ0) is 12.0. The second-order valence-corrected chi connectivity index (χ2v) is 3.12. The Bertz CT molecular complexity index is 298. The van der Waals surface area contributed by atoms with Crippen molar-refractivity contribution in [1.29, 1.82) is 0 Å². The molecule has 86 valence electrons. The molecule has 0 aliphatic rings. The molecular weight excluding hydrogens is 223 g/mol. The van der Waals surface area contributed by atoms with Gasteiger partial charge < -0.3 is 9.47 Å². The van der Waals surface area contributed by atoms with Crippen LogP contribution in [0.1, 0.15) is 27.2 Å². The van der Waals surface area contributed by atoms with Crippen molar-refractivity contribution in [2.45, 2.75) is 33.5 Å². The average molecular weight is 238 g/mol. The van der Waals surface area contributed by atoms with Crippen molar-refractivity contribution in [3.63, 3.8) is 0 Å². The molecule has 0 amide bonds. The number of ether oxygens (including phenoxy) is 2. The van der Waals surface area contributed by atoms with Gasteiger partial charge in [0.1, 0.15) is 12.2 Å². The standard InChI is InChI=1S/C10H14O5.Na.H/c1-6(2)10(13)15-8(4)14-9(12)5-7(3)11;;/h8H,1,5H2,2-4H3;;. The summed E-state index contributed by atoms with van der Waals surface area (Å²) in [6.07, 6.45) is -1.34. The molecule has 0 N–H and O–H groups in total. The zero-order valence-corrected chi connectivity index (χ0v) is 9.03. The number of carbonyl (C=O) groups is 3. The van der Waals surface area contributed by atoms with Gasteiger partial charge in [-0.1, -0.05) is 6.58 Å². The van der Waals surface area contributed by atoms with Crippen LogP contribution in [0.5, 0.6) is 0 Å². The number of Topliss-reactive ketones (excluding diaryl/α,β-unsaturated/α-hetero) is 1. The molecule has 0 aliphatic carbocycles. The van der Waals surface area contributed by atoms with Crippen LogP contribution in [0.3, 0.4) is 0 Å². The summed E-state index contributed by atoms with van der Waals surface area (Å²) in [5.41, 5.74) is 0.212. The second-order valence-electron chi connectivity index (χ2n) is 3.12. The van der Waals surface area contributed by atoms with Gasteiger partial charge in [0.15, 0.2) is 0 Å². The van der Waals surface area contributed by atoms with E-state index >= 15 is 0 Å². The number of esters is 2. The fourth-order valence-electron chi connectivity index (χ4n) is 0.705. The molecule has 1 unspecified atom stereocenters. The predicted octanol–water partition coefficient (Wildman–Crippen LogP) is 0.325. The summed E-state index contributed by atoms with van der Waals surface area (Å²) in [6.45, 7) is 7.50.